The fourth-order valence-corrected chi connectivity index (χ4v) is 2.79. The molecule has 1 heterocycles. The zero-order valence-corrected chi connectivity index (χ0v) is 10.6. The molecule has 0 unspecified atom stereocenters. The molecule has 0 aliphatic rings. The number of aromatic amines is 1. The van der Waals surface area contributed by atoms with Gasteiger partial charge >= 0.3 is 0 Å². The summed E-state index contributed by atoms with van der Waals surface area (Å²) in [5.41, 5.74) is 0.658. The van der Waals surface area contributed by atoms with Gasteiger partial charge < -0.3 is 5.32 Å². The van der Waals surface area contributed by atoms with Gasteiger partial charge in [0.2, 0.25) is 0 Å². The molecule has 0 aromatic carbocycles. The molecule has 1 rings (SSSR count). The zero-order valence-electron chi connectivity index (χ0n) is 9.82. The van der Waals surface area contributed by atoms with E-state index in [4.69, 9.17) is 0 Å². The van der Waals surface area contributed by atoms with E-state index in [1.807, 2.05) is 6.92 Å². The molecule has 0 aliphatic heterocycles. The second kappa shape index (κ2) is 5.42. The molecule has 0 aliphatic carbocycles. The highest BCUT2D eigenvalue weighted by Gasteiger charge is 2.24. The molecule has 92 valence electrons. The summed E-state index contributed by atoms with van der Waals surface area (Å²) < 4.78 is 25.5. The van der Waals surface area contributed by atoms with Crippen LogP contribution in [0.5, 0.6) is 0 Å². The van der Waals surface area contributed by atoms with Gasteiger partial charge in [0.05, 0.1) is 6.20 Å². The second-order valence-corrected chi connectivity index (χ2v) is 5.56. The van der Waals surface area contributed by atoms with Crippen LogP contribution in [0.15, 0.2) is 11.2 Å². The molecule has 2 N–H and O–H groups in total. The molecule has 0 amide bonds. The third kappa shape index (κ3) is 2.60. The maximum absolute atomic E-state index is 12.1. The summed E-state index contributed by atoms with van der Waals surface area (Å²) in [4.78, 5) is 0. The normalized spacial score (nSPS) is 12.2. The Morgan fingerprint density at radius 1 is 1.56 bits per heavy atom. The number of hydrogen-bond acceptors (Lipinski definition) is 4. The number of rotatable bonds is 6. The van der Waals surface area contributed by atoms with Crippen LogP contribution in [-0.2, 0) is 16.6 Å². The number of nitrogens with zero attached hydrogens (tertiary/aromatic N) is 2. The van der Waals surface area contributed by atoms with Crippen molar-refractivity contribution in [1.82, 2.24) is 19.8 Å². The van der Waals surface area contributed by atoms with E-state index in [9.17, 15) is 8.42 Å². The standard InChI is InChI=1S/C9H18N4O2S/c1-4-5-13(3)16(14,15)9-8(6-10-2)7-11-12-9/h7,10H,4-6H2,1-3H3,(H,11,12). The summed E-state index contributed by atoms with van der Waals surface area (Å²) in [6.07, 6.45) is 2.31. The lowest BCUT2D eigenvalue weighted by molar-refractivity contribution is 0.464. The number of hydrogen-bond donors (Lipinski definition) is 2. The molecule has 0 bridgehead atoms. The molecule has 0 saturated carbocycles. The maximum Gasteiger partial charge on any atom is 0.260 e. The Labute approximate surface area is 96.1 Å². The van der Waals surface area contributed by atoms with Gasteiger partial charge in [-0.05, 0) is 13.5 Å². The van der Waals surface area contributed by atoms with Gasteiger partial charge in [-0.15, -0.1) is 0 Å². The van der Waals surface area contributed by atoms with E-state index in [1.54, 1.807) is 14.1 Å². The lowest BCUT2D eigenvalue weighted by Gasteiger charge is -2.15. The Morgan fingerprint density at radius 2 is 2.25 bits per heavy atom. The van der Waals surface area contributed by atoms with Crippen molar-refractivity contribution in [3.8, 4) is 0 Å². The highest BCUT2D eigenvalue weighted by molar-refractivity contribution is 7.89. The molecule has 0 atom stereocenters. The van der Waals surface area contributed by atoms with E-state index in [2.05, 4.69) is 15.5 Å². The van der Waals surface area contributed by atoms with Crippen LogP contribution in [0.4, 0.5) is 0 Å². The van der Waals surface area contributed by atoms with E-state index >= 15 is 0 Å². The molecule has 7 heteroatoms. The van der Waals surface area contributed by atoms with Crippen molar-refractivity contribution in [2.75, 3.05) is 20.6 Å². The van der Waals surface area contributed by atoms with Crippen molar-refractivity contribution in [3.05, 3.63) is 11.8 Å². The van der Waals surface area contributed by atoms with E-state index < -0.39 is 10.0 Å². The van der Waals surface area contributed by atoms with E-state index in [-0.39, 0.29) is 5.03 Å². The smallest absolute Gasteiger partial charge is 0.260 e. The Morgan fingerprint density at radius 3 is 2.81 bits per heavy atom. The van der Waals surface area contributed by atoms with Crippen molar-refractivity contribution >= 4 is 10.0 Å². The van der Waals surface area contributed by atoms with Crippen LogP contribution in [0.1, 0.15) is 18.9 Å². The van der Waals surface area contributed by atoms with Crippen LogP contribution < -0.4 is 5.32 Å². The topological polar surface area (TPSA) is 78.1 Å². The van der Waals surface area contributed by atoms with Gasteiger partial charge in [-0.2, -0.15) is 9.40 Å². The fraction of sp³-hybridized carbons (Fsp3) is 0.667. The number of H-pyrrole nitrogens is 1. The van der Waals surface area contributed by atoms with E-state index in [1.165, 1.54) is 10.5 Å². The first-order valence-corrected chi connectivity index (χ1v) is 6.61. The number of sulfonamides is 1. The predicted molar refractivity (Wildman–Crippen MR) is 61.5 cm³/mol. The highest BCUT2D eigenvalue weighted by Crippen LogP contribution is 2.16. The van der Waals surface area contributed by atoms with Gasteiger partial charge in [-0.25, -0.2) is 8.42 Å². The monoisotopic (exact) mass is 246 g/mol. The van der Waals surface area contributed by atoms with Crippen molar-refractivity contribution in [2.45, 2.75) is 24.9 Å². The minimum absolute atomic E-state index is 0.179. The molecule has 16 heavy (non-hydrogen) atoms. The van der Waals surface area contributed by atoms with Crippen molar-refractivity contribution in [2.24, 2.45) is 0 Å². The summed E-state index contributed by atoms with van der Waals surface area (Å²) in [6, 6.07) is 0. The summed E-state index contributed by atoms with van der Waals surface area (Å²) in [5.74, 6) is 0. The number of nitrogens with one attached hydrogen (secondary N) is 2. The molecule has 0 fully saturated rings. The first kappa shape index (κ1) is 13.1. The quantitative estimate of drug-likeness (QED) is 0.749. The average molecular weight is 246 g/mol. The molecule has 0 spiro atoms. The first-order chi connectivity index (χ1) is 7.54. The minimum Gasteiger partial charge on any atom is -0.316 e. The fourth-order valence-electron chi connectivity index (χ4n) is 1.43. The van der Waals surface area contributed by atoms with Crippen LogP contribution >= 0.6 is 0 Å². The van der Waals surface area contributed by atoms with Crippen molar-refractivity contribution in [1.29, 1.82) is 0 Å². The van der Waals surface area contributed by atoms with Gasteiger partial charge in [0.25, 0.3) is 10.0 Å². The SMILES string of the molecule is CCCN(C)S(=O)(=O)c1[nH]ncc1CNC. The summed E-state index contributed by atoms with van der Waals surface area (Å²) >= 11 is 0. The molecular formula is C9H18N4O2S. The van der Waals surface area contributed by atoms with Crippen LogP contribution in [0, 0.1) is 0 Å². The van der Waals surface area contributed by atoms with Gasteiger partial charge in [-0.3, -0.25) is 5.10 Å². The Hall–Kier alpha value is -0.920. The summed E-state index contributed by atoms with van der Waals surface area (Å²) in [6.45, 7) is 2.92. The molecule has 1 aromatic rings. The van der Waals surface area contributed by atoms with Gasteiger partial charge in [-0.1, -0.05) is 6.92 Å². The van der Waals surface area contributed by atoms with Crippen LogP contribution in [0.25, 0.3) is 0 Å². The van der Waals surface area contributed by atoms with E-state index in [0.717, 1.165) is 6.42 Å². The third-order valence-electron chi connectivity index (χ3n) is 2.25. The van der Waals surface area contributed by atoms with Crippen molar-refractivity contribution < 1.29 is 8.42 Å². The van der Waals surface area contributed by atoms with Gasteiger partial charge in [0.15, 0.2) is 5.03 Å². The Bertz CT molecular complexity index is 426. The van der Waals surface area contributed by atoms with E-state index in [0.29, 0.717) is 18.7 Å². The van der Waals surface area contributed by atoms with Crippen LogP contribution in [-0.4, -0.2) is 43.6 Å². The molecule has 6 nitrogen and oxygen atoms in total. The Balaban J connectivity index is 3.02. The third-order valence-corrected chi connectivity index (χ3v) is 4.12. The second-order valence-electron chi connectivity index (χ2n) is 3.58. The van der Waals surface area contributed by atoms with Gasteiger partial charge in [0, 0.05) is 25.7 Å². The number of aromatic nitrogens is 2. The summed E-state index contributed by atoms with van der Waals surface area (Å²) in [7, 11) is -0.100. The molecule has 0 radical (unpaired) electrons. The van der Waals surface area contributed by atoms with Crippen LogP contribution in [0.3, 0.4) is 0 Å². The molecule has 0 saturated heterocycles. The maximum atomic E-state index is 12.1. The van der Waals surface area contributed by atoms with Crippen molar-refractivity contribution in [3.63, 3.8) is 0 Å². The Kier molecular flexibility index (Phi) is 4.45. The lowest BCUT2D eigenvalue weighted by atomic mass is 10.4. The van der Waals surface area contributed by atoms with Gasteiger partial charge in [0.1, 0.15) is 0 Å². The highest BCUT2D eigenvalue weighted by atomic mass is 32.2. The molecule has 1 aromatic heterocycles. The first-order valence-electron chi connectivity index (χ1n) is 5.17. The lowest BCUT2D eigenvalue weighted by Crippen LogP contribution is -2.29. The zero-order chi connectivity index (χ0) is 12.2. The van der Waals surface area contributed by atoms with Crippen LogP contribution in [0.2, 0.25) is 0 Å². The molecular weight excluding hydrogens is 228 g/mol. The summed E-state index contributed by atoms with van der Waals surface area (Å²) in [5, 5.41) is 9.42. The average Bonchev–Trinajstić information content (AvgIpc) is 2.67. The largest absolute Gasteiger partial charge is 0.316 e. The minimum atomic E-state index is -3.44. The predicted octanol–water partition coefficient (Wildman–Crippen LogP) is 0.160.